The smallest absolute Gasteiger partial charge is 0.262 e. The Morgan fingerprint density at radius 3 is 2.44 bits per heavy atom. The molecule has 1 aliphatic rings. The van der Waals surface area contributed by atoms with Crippen LogP contribution in [0.25, 0.3) is 5.69 Å². The van der Waals surface area contributed by atoms with Crippen molar-refractivity contribution in [1.29, 1.82) is 0 Å². The summed E-state index contributed by atoms with van der Waals surface area (Å²) in [6.07, 6.45) is 0.319. The van der Waals surface area contributed by atoms with Crippen LogP contribution in [0.5, 0.6) is 0 Å². The molecule has 4 rings (SSSR count). The molecule has 0 saturated carbocycles. The van der Waals surface area contributed by atoms with Gasteiger partial charge in [-0.05, 0) is 75.1 Å². The summed E-state index contributed by atoms with van der Waals surface area (Å²) in [6.45, 7) is 2.04. The molecule has 34 heavy (non-hydrogen) atoms. The van der Waals surface area contributed by atoms with Crippen LogP contribution in [-0.2, 0) is 23.0 Å². The Morgan fingerprint density at radius 2 is 1.82 bits per heavy atom. The molecule has 2 heterocycles. The summed E-state index contributed by atoms with van der Waals surface area (Å²) in [4.78, 5) is 31.3. The van der Waals surface area contributed by atoms with E-state index in [0.717, 1.165) is 0 Å². The van der Waals surface area contributed by atoms with Crippen molar-refractivity contribution in [2.24, 2.45) is 0 Å². The van der Waals surface area contributed by atoms with Gasteiger partial charge < -0.3 is 9.88 Å². The van der Waals surface area contributed by atoms with Crippen molar-refractivity contribution < 1.29 is 13.2 Å². The lowest BCUT2D eigenvalue weighted by Crippen LogP contribution is -2.45. The van der Waals surface area contributed by atoms with Crippen LogP contribution in [0.3, 0.4) is 0 Å². The number of H-pyrrole nitrogens is 1. The van der Waals surface area contributed by atoms with Crippen LogP contribution in [0.2, 0.25) is 10.0 Å². The van der Waals surface area contributed by atoms with Crippen LogP contribution in [0, 0.1) is 4.77 Å². The van der Waals surface area contributed by atoms with Crippen LogP contribution in [0.4, 0.5) is 0 Å². The molecule has 0 spiro atoms. The second-order valence-corrected chi connectivity index (χ2v) is 10.9. The van der Waals surface area contributed by atoms with E-state index in [4.69, 9.17) is 35.4 Å². The fourth-order valence-electron chi connectivity index (χ4n) is 3.89. The van der Waals surface area contributed by atoms with Gasteiger partial charge in [-0.25, -0.2) is 13.1 Å². The number of aromatic nitrogens is 2. The van der Waals surface area contributed by atoms with Gasteiger partial charge in [-0.1, -0.05) is 23.2 Å². The largest absolute Gasteiger partial charge is 0.333 e. The van der Waals surface area contributed by atoms with Crippen LogP contribution in [0.1, 0.15) is 28.5 Å². The zero-order valence-electron chi connectivity index (χ0n) is 18.1. The highest BCUT2D eigenvalue weighted by Crippen LogP contribution is 2.26. The summed E-state index contributed by atoms with van der Waals surface area (Å²) >= 11 is 17.5. The quantitative estimate of drug-likeness (QED) is 0.493. The molecule has 1 aliphatic heterocycles. The van der Waals surface area contributed by atoms with Gasteiger partial charge in [-0.15, -0.1) is 0 Å². The average Bonchev–Trinajstić information content (AvgIpc) is 2.81. The molecular weight excluding hydrogens is 519 g/mol. The van der Waals surface area contributed by atoms with Gasteiger partial charge in [-0.3, -0.25) is 14.2 Å². The SMILES string of the molecule is CNS(=O)(=O)c1ccc(-n2c(=S)[nH]c3c(c2=O)C[C@@H](C)N(C(=O)c2ccc(Cl)c(Cl)c2)C3)cc1. The summed E-state index contributed by atoms with van der Waals surface area (Å²) in [5.74, 6) is -0.235. The third-order valence-electron chi connectivity index (χ3n) is 5.75. The summed E-state index contributed by atoms with van der Waals surface area (Å²) in [7, 11) is -2.28. The summed E-state index contributed by atoms with van der Waals surface area (Å²) < 4.78 is 27.7. The Bertz CT molecular complexity index is 1520. The lowest BCUT2D eigenvalue weighted by Gasteiger charge is -2.34. The average molecular weight is 539 g/mol. The van der Waals surface area contributed by atoms with E-state index in [9.17, 15) is 18.0 Å². The molecule has 2 aromatic carbocycles. The lowest BCUT2D eigenvalue weighted by atomic mass is 9.98. The minimum Gasteiger partial charge on any atom is -0.333 e. The summed E-state index contributed by atoms with van der Waals surface area (Å²) in [5, 5.41) is 0.643. The zero-order chi connectivity index (χ0) is 24.8. The van der Waals surface area contributed by atoms with Gasteiger partial charge in [0, 0.05) is 22.9 Å². The van der Waals surface area contributed by atoms with E-state index in [-0.39, 0.29) is 38.7 Å². The van der Waals surface area contributed by atoms with Crippen molar-refractivity contribution in [3.8, 4) is 5.69 Å². The van der Waals surface area contributed by atoms with E-state index in [0.29, 0.717) is 34.0 Å². The molecule has 178 valence electrons. The molecular formula is C22H20Cl2N4O4S2. The fourth-order valence-corrected chi connectivity index (χ4v) is 5.23. The normalized spacial score (nSPS) is 15.8. The molecule has 0 fully saturated rings. The number of aromatic amines is 1. The number of benzene rings is 2. The molecule has 8 nitrogen and oxygen atoms in total. The number of nitrogens with zero attached hydrogens (tertiary/aromatic N) is 2. The molecule has 3 aromatic rings. The first-order valence-electron chi connectivity index (χ1n) is 10.2. The van der Waals surface area contributed by atoms with Gasteiger partial charge in [0.2, 0.25) is 10.0 Å². The predicted molar refractivity (Wildman–Crippen MR) is 133 cm³/mol. The first-order valence-corrected chi connectivity index (χ1v) is 12.9. The number of hydrogen-bond acceptors (Lipinski definition) is 5. The minimum atomic E-state index is -3.61. The van der Waals surface area contributed by atoms with Crippen molar-refractivity contribution >= 4 is 51.4 Å². The topological polar surface area (TPSA) is 104 Å². The molecule has 0 aliphatic carbocycles. The molecule has 0 saturated heterocycles. The Kier molecular flexibility index (Phi) is 6.71. The number of nitrogens with one attached hydrogen (secondary N) is 2. The Hall–Kier alpha value is -2.50. The van der Waals surface area contributed by atoms with Crippen LogP contribution in [0.15, 0.2) is 52.2 Å². The van der Waals surface area contributed by atoms with E-state index >= 15 is 0 Å². The number of rotatable bonds is 4. The van der Waals surface area contributed by atoms with E-state index in [2.05, 4.69) is 9.71 Å². The van der Waals surface area contributed by atoms with E-state index in [1.165, 1.54) is 41.9 Å². The second kappa shape index (κ2) is 9.27. The van der Waals surface area contributed by atoms with Crippen molar-refractivity contribution in [1.82, 2.24) is 19.2 Å². The maximum atomic E-state index is 13.4. The Balaban J connectivity index is 1.70. The predicted octanol–water partition coefficient (Wildman–Crippen LogP) is 3.70. The molecule has 0 unspecified atom stereocenters. The number of halogens is 2. The van der Waals surface area contributed by atoms with Gasteiger partial charge in [0.25, 0.3) is 11.5 Å². The number of carbonyl (C=O) groups is 1. The highest BCUT2D eigenvalue weighted by molar-refractivity contribution is 7.89. The second-order valence-electron chi connectivity index (χ2n) is 7.84. The third kappa shape index (κ3) is 4.44. The first kappa shape index (κ1) is 24.6. The van der Waals surface area contributed by atoms with Crippen molar-refractivity contribution in [3.63, 3.8) is 0 Å². The zero-order valence-corrected chi connectivity index (χ0v) is 21.3. The van der Waals surface area contributed by atoms with Crippen molar-refractivity contribution in [2.75, 3.05) is 7.05 Å². The first-order chi connectivity index (χ1) is 16.0. The summed E-state index contributed by atoms with van der Waals surface area (Å²) in [5.41, 5.74) is 1.61. The molecule has 1 aromatic heterocycles. The number of carbonyl (C=O) groups excluding carboxylic acids is 1. The standard InChI is InChI=1S/C22H20Cl2N4O4S2/c1-12-9-16-19(11-27(12)20(29)13-3-8-17(23)18(24)10-13)26-22(33)28(21(16)30)14-4-6-15(7-5-14)34(31,32)25-2/h3-8,10,12,25H,9,11H2,1-2H3,(H,26,33)/t12-/m1/s1. The summed E-state index contributed by atoms with van der Waals surface area (Å²) in [6, 6.07) is 10.3. The van der Waals surface area contributed by atoms with Crippen LogP contribution >= 0.6 is 35.4 Å². The number of sulfonamides is 1. The van der Waals surface area contributed by atoms with E-state index in [1.54, 1.807) is 17.0 Å². The highest BCUT2D eigenvalue weighted by atomic mass is 35.5. The molecule has 1 amide bonds. The van der Waals surface area contributed by atoms with Gasteiger partial charge >= 0.3 is 0 Å². The molecule has 12 heteroatoms. The van der Waals surface area contributed by atoms with Crippen LogP contribution < -0.4 is 10.3 Å². The molecule has 0 radical (unpaired) electrons. The van der Waals surface area contributed by atoms with Gasteiger partial charge in [0.05, 0.1) is 27.2 Å². The number of amides is 1. The molecule has 1 atom stereocenters. The third-order valence-corrected chi connectivity index (χ3v) is 8.20. The minimum absolute atomic E-state index is 0.0738. The van der Waals surface area contributed by atoms with Crippen molar-refractivity contribution in [2.45, 2.75) is 30.8 Å². The molecule has 2 N–H and O–H groups in total. The molecule has 0 bridgehead atoms. The van der Waals surface area contributed by atoms with Gasteiger partial charge in [0.1, 0.15) is 0 Å². The van der Waals surface area contributed by atoms with Gasteiger partial charge in [-0.2, -0.15) is 0 Å². The highest BCUT2D eigenvalue weighted by Gasteiger charge is 2.31. The van der Waals surface area contributed by atoms with Crippen LogP contribution in [-0.4, -0.2) is 41.9 Å². The van der Waals surface area contributed by atoms with Gasteiger partial charge in [0.15, 0.2) is 4.77 Å². The number of hydrogen-bond donors (Lipinski definition) is 2. The van der Waals surface area contributed by atoms with E-state index < -0.39 is 10.0 Å². The Morgan fingerprint density at radius 1 is 1.15 bits per heavy atom. The maximum Gasteiger partial charge on any atom is 0.262 e. The number of fused-ring (bicyclic) bond motifs is 1. The monoisotopic (exact) mass is 538 g/mol. The fraction of sp³-hybridized carbons (Fsp3) is 0.227. The van der Waals surface area contributed by atoms with Crippen molar-refractivity contribution in [3.05, 3.63) is 84.5 Å². The van der Waals surface area contributed by atoms with E-state index in [1.807, 2.05) is 6.92 Å². The lowest BCUT2D eigenvalue weighted by molar-refractivity contribution is 0.0653. The Labute approximate surface area is 211 Å². The maximum absolute atomic E-state index is 13.4.